The lowest BCUT2D eigenvalue weighted by Gasteiger charge is -2.20. The minimum Gasteiger partial charge on any atom is -0.318 e. The molecule has 6 nitrogen and oxygen atoms in total. The van der Waals surface area contributed by atoms with E-state index in [-0.39, 0.29) is 11.4 Å². The molecule has 2 aliphatic rings. The molecule has 2 aliphatic heterocycles. The molecule has 170 valence electrons. The molecule has 0 saturated carbocycles. The topological polar surface area (TPSA) is 73.8 Å². The van der Waals surface area contributed by atoms with E-state index >= 15 is 0 Å². The van der Waals surface area contributed by atoms with Crippen LogP contribution in [-0.2, 0) is 11.2 Å². The van der Waals surface area contributed by atoms with Crippen molar-refractivity contribution in [2.75, 3.05) is 0 Å². The Labute approximate surface area is 203 Å². The number of thioether (sulfide) groups is 1. The first-order chi connectivity index (χ1) is 16.4. The maximum absolute atomic E-state index is 12.9. The number of amidine groups is 2. The molecule has 2 aromatic carbocycles. The fourth-order valence-electron chi connectivity index (χ4n) is 4.25. The summed E-state index contributed by atoms with van der Waals surface area (Å²) in [6.45, 7) is 8.23. The SMILES string of the molecule is CCc1ccc(-n2c(C)cc(/C=C3/C(=N)N4N=C(c5cccc(C)c5)SC4=NC3=O)c2C)cc1. The molecule has 0 atom stereocenters. The average Bonchev–Trinajstić information content (AvgIpc) is 3.37. The summed E-state index contributed by atoms with van der Waals surface area (Å²) in [5.74, 6) is -0.371. The monoisotopic (exact) mass is 467 g/mol. The van der Waals surface area contributed by atoms with E-state index in [2.05, 4.69) is 45.9 Å². The van der Waals surface area contributed by atoms with E-state index in [1.807, 2.05) is 51.1 Å². The Hall–Kier alpha value is -3.71. The first kappa shape index (κ1) is 22.1. The van der Waals surface area contributed by atoms with Crippen LogP contribution in [-0.4, -0.2) is 31.5 Å². The molecule has 5 rings (SSSR count). The summed E-state index contributed by atoms with van der Waals surface area (Å²) in [5, 5.41) is 15.9. The largest absolute Gasteiger partial charge is 0.318 e. The summed E-state index contributed by atoms with van der Waals surface area (Å²) >= 11 is 1.32. The van der Waals surface area contributed by atoms with Gasteiger partial charge in [0, 0.05) is 22.6 Å². The van der Waals surface area contributed by atoms with Crippen LogP contribution in [0, 0.1) is 26.2 Å². The van der Waals surface area contributed by atoms with Gasteiger partial charge in [0.05, 0.1) is 5.57 Å². The fraction of sp³-hybridized carbons (Fsp3) is 0.185. The fourth-order valence-corrected chi connectivity index (χ4v) is 5.14. The van der Waals surface area contributed by atoms with Crippen molar-refractivity contribution in [2.45, 2.75) is 34.1 Å². The number of fused-ring (bicyclic) bond motifs is 1. The Morgan fingerprint density at radius 2 is 1.82 bits per heavy atom. The number of hydrogen-bond donors (Lipinski definition) is 1. The zero-order valence-electron chi connectivity index (χ0n) is 19.6. The van der Waals surface area contributed by atoms with Crippen LogP contribution in [0.25, 0.3) is 11.8 Å². The standard InChI is InChI=1S/C27H25N5OS/c1-5-19-9-11-22(12-10-19)31-17(3)14-21(18(31)4)15-23-24(28)32-27(29-25(23)33)34-26(30-32)20-8-6-7-16(2)13-20/h6-15,28H,5H2,1-4H3/b23-15-,28-24?. The predicted molar refractivity (Wildman–Crippen MR) is 140 cm³/mol. The molecule has 0 unspecified atom stereocenters. The van der Waals surface area contributed by atoms with Gasteiger partial charge in [0.1, 0.15) is 5.04 Å². The lowest BCUT2D eigenvalue weighted by Crippen LogP contribution is -2.35. The molecule has 1 aromatic heterocycles. The third-order valence-electron chi connectivity index (χ3n) is 6.09. The van der Waals surface area contributed by atoms with Gasteiger partial charge in [0.25, 0.3) is 5.91 Å². The highest BCUT2D eigenvalue weighted by Crippen LogP contribution is 2.32. The number of hydrazone groups is 1. The zero-order chi connectivity index (χ0) is 24.0. The van der Waals surface area contributed by atoms with Crippen molar-refractivity contribution < 1.29 is 4.79 Å². The average molecular weight is 468 g/mol. The van der Waals surface area contributed by atoms with Crippen LogP contribution in [0.2, 0.25) is 0 Å². The molecule has 0 saturated heterocycles. The lowest BCUT2D eigenvalue weighted by molar-refractivity contribution is -0.114. The van der Waals surface area contributed by atoms with Gasteiger partial charge in [-0.15, -0.1) is 0 Å². The van der Waals surface area contributed by atoms with Crippen molar-refractivity contribution in [2.24, 2.45) is 10.1 Å². The van der Waals surface area contributed by atoms with Crippen molar-refractivity contribution in [1.29, 1.82) is 5.41 Å². The van der Waals surface area contributed by atoms with Gasteiger partial charge in [-0.3, -0.25) is 10.2 Å². The molecular formula is C27H25N5OS. The van der Waals surface area contributed by atoms with Crippen molar-refractivity contribution >= 4 is 39.8 Å². The van der Waals surface area contributed by atoms with Crippen LogP contribution in [0.15, 0.2) is 70.3 Å². The second kappa shape index (κ2) is 8.57. The number of rotatable bonds is 4. The first-order valence-electron chi connectivity index (χ1n) is 11.2. The second-order valence-electron chi connectivity index (χ2n) is 8.48. The molecule has 34 heavy (non-hydrogen) atoms. The Bertz CT molecular complexity index is 1430. The molecule has 0 fully saturated rings. The Kier molecular flexibility index (Phi) is 5.57. The van der Waals surface area contributed by atoms with E-state index in [0.717, 1.165) is 45.2 Å². The van der Waals surface area contributed by atoms with Crippen LogP contribution in [0.4, 0.5) is 0 Å². The van der Waals surface area contributed by atoms with Crippen LogP contribution in [0.3, 0.4) is 0 Å². The molecule has 1 N–H and O–H groups in total. The van der Waals surface area contributed by atoms with Crippen LogP contribution >= 0.6 is 11.8 Å². The number of carbonyl (C=O) groups is 1. The highest BCUT2D eigenvalue weighted by molar-refractivity contribution is 8.27. The summed E-state index contributed by atoms with van der Waals surface area (Å²) in [7, 11) is 0. The van der Waals surface area contributed by atoms with Crippen molar-refractivity contribution in [3.8, 4) is 5.69 Å². The highest BCUT2D eigenvalue weighted by atomic mass is 32.2. The molecule has 3 aromatic rings. The van der Waals surface area contributed by atoms with Crippen molar-refractivity contribution in [3.05, 3.63) is 93.8 Å². The number of carbonyl (C=O) groups excluding carboxylic acids is 1. The van der Waals surface area contributed by atoms with Gasteiger partial charge in [-0.05, 0) is 80.4 Å². The maximum Gasteiger partial charge on any atom is 0.283 e. The van der Waals surface area contributed by atoms with Crippen molar-refractivity contribution in [3.63, 3.8) is 0 Å². The van der Waals surface area contributed by atoms with Gasteiger partial charge >= 0.3 is 0 Å². The third kappa shape index (κ3) is 3.82. The van der Waals surface area contributed by atoms with Crippen LogP contribution < -0.4 is 0 Å². The van der Waals surface area contributed by atoms with E-state index in [9.17, 15) is 4.79 Å². The Morgan fingerprint density at radius 1 is 1.06 bits per heavy atom. The molecule has 0 spiro atoms. The molecule has 1 amide bonds. The summed E-state index contributed by atoms with van der Waals surface area (Å²) in [6, 6.07) is 18.5. The van der Waals surface area contributed by atoms with Crippen LogP contribution in [0.5, 0.6) is 0 Å². The predicted octanol–water partition coefficient (Wildman–Crippen LogP) is 5.63. The van der Waals surface area contributed by atoms with Gasteiger partial charge in [-0.25, -0.2) is 0 Å². The summed E-state index contributed by atoms with van der Waals surface area (Å²) in [4.78, 5) is 17.1. The quantitative estimate of drug-likeness (QED) is 0.505. The number of hydrogen-bond acceptors (Lipinski definition) is 4. The summed E-state index contributed by atoms with van der Waals surface area (Å²) < 4.78 is 2.16. The first-order valence-corrected chi connectivity index (χ1v) is 12.0. The van der Waals surface area contributed by atoms with Gasteiger partial charge in [-0.1, -0.05) is 42.8 Å². The zero-order valence-corrected chi connectivity index (χ0v) is 20.4. The maximum atomic E-state index is 12.9. The van der Waals surface area contributed by atoms with Crippen molar-refractivity contribution in [1.82, 2.24) is 9.58 Å². The van der Waals surface area contributed by atoms with Gasteiger partial charge in [0.2, 0.25) is 5.17 Å². The van der Waals surface area contributed by atoms with Gasteiger partial charge in [0.15, 0.2) is 5.84 Å². The number of aryl methyl sites for hydroxylation is 3. The minimum absolute atomic E-state index is 0.0438. The van der Waals surface area contributed by atoms with Gasteiger partial charge in [-0.2, -0.15) is 15.1 Å². The Balaban J connectivity index is 1.49. The molecule has 0 bridgehead atoms. The normalized spacial score (nSPS) is 16.7. The van der Waals surface area contributed by atoms with E-state index in [4.69, 9.17) is 5.41 Å². The van der Waals surface area contributed by atoms with Crippen LogP contribution in [0.1, 0.15) is 40.6 Å². The minimum atomic E-state index is -0.415. The molecule has 0 aliphatic carbocycles. The number of nitrogens with one attached hydrogen (secondary N) is 1. The number of aliphatic imine (C=N–C) groups is 1. The number of benzene rings is 2. The molecule has 0 radical (unpaired) electrons. The number of aromatic nitrogens is 1. The van der Waals surface area contributed by atoms with E-state index in [0.29, 0.717) is 5.17 Å². The third-order valence-corrected chi connectivity index (χ3v) is 7.05. The number of nitrogens with zero attached hydrogens (tertiary/aromatic N) is 4. The highest BCUT2D eigenvalue weighted by Gasteiger charge is 2.36. The van der Waals surface area contributed by atoms with Gasteiger partial charge < -0.3 is 4.57 Å². The van der Waals surface area contributed by atoms with E-state index in [1.165, 1.54) is 22.3 Å². The molecule has 3 heterocycles. The number of amides is 1. The van der Waals surface area contributed by atoms with E-state index < -0.39 is 5.91 Å². The van der Waals surface area contributed by atoms with E-state index in [1.54, 1.807) is 6.08 Å². The Morgan fingerprint density at radius 3 is 2.53 bits per heavy atom. The summed E-state index contributed by atoms with van der Waals surface area (Å²) in [6.07, 6.45) is 2.76. The lowest BCUT2D eigenvalue weighted by atomic mass is 10.1. The summed E-state index contributed by atoms with van der Waals surface area (Å²) in [5.41, 5.74) is 7.62. The molecular weight excluding hydrogens is 442 g/mol. The molecule has 7 heteroatoms. The second-order valence-corrected chi connectivity index (χ2v) is 9.43. The smallest absolute Gasteiger partial charge is 0.283 e.